The van der Waals surface area contributed by atoms with Crippen molar-refractivity contribution in [2.75, 3.05) is 12.0 Å². The van der Waals surface area contributed by atoms with Gasteiger partial charge >= 0.3 is 5.97 Å². The van der Waals surface area contributed by atoms with Crippen molar-refractivity contribution in [3.05, 3.63) is 60.1 Å². The Balaban J connectivity index is 1.73. The molecule has 1 aromatic carbocycles. The summed E-state index contributed by atoms with van der Waals surface area (Å²) in [4.78, 5) is 25.5. The number of rotatable bonds is 7. The van der Waals surface area contributed by atoms with Gasteiger partial charge < -0.3 is 9.15 Å². The van der Waals surface area contributed by atoms with Crippen LogP contribution in [0.25, 0.3) is 0 Å². The second kappa shape index (κ2) is 7.26. The molecular weight excluding hydrogens is 324 g/mol. The molecular formula is C19H20O4S. The number of benzene rings is 1. The maximum Gasteiger partial charge on any atom is 0.320 e. The maximum atomic E-state index is 12.8. The van der Waals surface area contributed by atoms with Crippen LogP contribution in [0.5, 0.6) is 0 Å². The van der Waals surface area contributed by atoms with Crippen molar-refractivity contribution < 1.29 is 18.7 Å². The van der Waals surface area contributed by atoms with Crippen LogP contribution < -0.4 is 0 Å². The van der Waals surface area contributed by atoms with Gasteiger partial charge in [0.05, 0.1) is 6.26 Å². The summed E-state index contributed by atoms with van der Waals surface area (Å²) in [7, 11) is 0. The van der Waals surface area contributed by atoms with Crippen LogP contribution in [-0.2, 0) is 16.1 Å². The van der Waals surface area contributed by atoms with E-state index >= 15 is 0 Å². The molecule has 2 aromatic rings. The molecule has 1 fully saturated rings. The van der Waals surface area contributed by atoms with Gasteiger partial charge in [0.2, 0.25) is 5.78 Å². The normalized spacial score (nSPS) is 22.6. The zero-order chi connectivity index (χ0) is 17.0. The Morgan fingerprint density at radius 3 is 2.58 bits per heavy atom. The van der Waals surface area contributed by atoms with E-state index in [4.69, 9.17) is 9.15 Å². The molecule has 0 aliphatic heterocycles. The first-order chi connectivity index (χ1) is 11.7. The van der Waals surface area contributed by atoms with Gasteiger partial charge in [0.15, 0.2) is 5.76 Å². The lowest BCUT2D eigenvalue weighted by atomic mass is 9.60. The topological polar surface area (TPSA) is 56.5 Å². The highest BCUT2D eigenvalue weighted by atomic mass is 32.2. The number of hydrogen-bond donors (Lipinski definition) is 0. The minimum atomic E-state index is -1.09. The minimum absolute atomic E-state index is 0.181. The number of Topliss-reactive ketones (excluding diaryl/α,β-unsaturated/α-hetero) is 1. The summed E-state index contributed by atoms with van der Waals surface area (Å²) in [6.45, 7) is 0.181. The van der Waals surface area contributed by atoms with Gasteiger partial charge in [-0.1, -0.05) is 30.3 Å². The van der Waals surface area contributed by atoms with Gasteiger partial charge in [-0.2, -0.15) is 11.8 Å². The predicted molar refractivity (Wildman–Crippen MR) is 92.8 cm³/mol. The van der Waals surface area contributed by atoms with Gasteiger partial charge in [-0.25, -0.2) is 0 Å². The largest absolute Gasteiger partial charge is 0.461 e. The van der Waals surface area contributed by atoms with Crippen LogP contribution in [0.4, 0.5) is 0 Å². The minimum Gasteiger partial charge on any atom is -0.461 e. The summed E-state index contributed by atoms with van der Waals surface area (Å²) in [6.07, 6.45) is 4.54. The second-order valence-corrected chi connectivity index (χ2v) is 7.09. The van der Waals surface area contributed by atoms with Gasteiger partial charge in [-0.3, -0.25) is 9.59 Å². The molecule has 126 valence electrons. The summed E-state index contributed by atoms with van der Waals surface area (Å²) >= 11 is 1.73. The lowest BCUT2D eigenvalue weighted by molar-refractivity contribution is -0.161. The lowest BCUT2D eigenvalue weighted by Gasteiger charge is -2.43. The summed E-state index contributed by atoms with van der Waals surface area (Å²) in [5.74, 6) is 0.838. The first-order valence-electron chi connectivity index (χ1n) is 7.94. The Labute approximate surface area is 145 Å². The fourth-order valence-electron chi connectivity index (χ4n) is 3.23. The van der Waals surface area contributed by atoms with E-state index in [1.807, 2.05) is 36.6 Å². The molecule has 0 amide bonds. The lowest BCUT2D eigenvalue weighted by Crippen LogP contribution is -2.51. The summed E-state index contributed by atoms with van der Waals surface area (Å²) in [6, 6.07) is 12.8. The number of hydrogen-bond acceptors (Lipinski definition) is 5. The fourth-order valence-corrected chi connectivity index (χ4v) is 3.94. The predicted octanol–water partition coefficient (Wildman–Crippen LogP) is 3.97. The maximum absolute atomic E-state index is 12.8. The molecule has 0 saturated heterocycles. The molecule has 1 aliphatic carbocycles. The molecule has 5 heteroatoms. The second-order valence-electron chi connectivity index (χ2n) is 6.18. The average molecular weight is 344 g/mol. The number of ketones is 1. The first kappa shape index (κ1) is 16.8. The highest BCUT2D eigenvalue weighted by Gasteiger charge is 2.57. The van der Waals surface area contributed by atoms with Crippen LogP contribution in [0.15, 0.2) is 53.1 Å². The van der Waals surface area contributed by atoms with E-state index in [-0.39, 0.29) is 18.2 Å². The van der Waals surface area contributed by atoms with Gasteiger partial charge in [0, 0.05) is 0 Å². The molecule has 1 aliphatic rings. The Morgan fingerprint density at radius 2 is 1.96 bits per heavy atom. The number of carbonyl (C=O) groups excluding carboxylic acids is 2. The van der Waals surface area contributed by atoms with Crippen molar-refractivity contribution in [2.24, 2.45) is 11.3 Å². The third-order valence-electron chi connectivity index (χ3n) is 4.46. The van der Waals surface area contributed by atoms with Crippen molar-refractivity contribution in [3.63, 3.8) is 0 Å². The van der Waals surface area contributed by atoms with Gasteiger partial charge in [0.25, 0.3) is 0 Å². The van der Waals surface area contributed by atoms with Crippen LogP contribution in [0.3, 0.4) is 0 Å². The molecule has 0 spiro atoms. The number of thioether (sulfide) groups is 1. The van der Waals surface area contributed by atoms with Crippen LogP contribution in [0.2, 0.25) is 0 Å². The van der Waals surface area contributed by atoms with Gasteiger partial charge in [0.1, 0.15) is 12.0 Å². The quantitative estimate of drug-likeness (QED) is 0.432. The summed E-state index contributed by atoms with van der Waals surface area (Å²) in [5, 5.41) is 0. The average Bonchev–Trinajstić information content (AvgIpc) is 3.10. The Kier molecular flexibility index (Phi) is 5.09. The molecule has 0 bridgehead atoms. The molecule has 0 radical (unpaired) electrons. The van der Waals surface area contributed by atoms with Crippen molar-refractivity contribution in [2.45, 2.75) is 19.4 Å². The number of esters is 1. The highest BCUT2D eigenvalue weighted by Crippen LogP contribution is 2.50. The summed E-state index contributed by atoms with van der Waals surface area (Å²) < 4.78 is 10.7. The Bertz CT molecular complexity index is 687. The van der Waals surface area contributed by atoms with Crippen molar-refractivity contribution >= 4 is 23.5 Å². The molecule has 24 heavy (non-hydrogen) atoms. The standard InChI is InChI=1S/C19H20O4S/c1-24-13-15-10-19(11-15,17(20)16-8-5-9-22-16)18(21)23-12-14-6-3-2-4-7-14/h2-9,15H,10-13H2,1H3. The van der Waals surface area contributed by atoms with E-state index in [0.717, 1.165) is 11.3 Å². The number of ether oxygens (including phenoxy) is 1. The third kappa shape index (κ3) is 3.26. The van der Waals surface area contributed by atoms with Crippen LogP contribution >= 0.6 is 11.8 Å². The van der Waals surface area contributed by atoms with Crippen molar-refractivity contribution in [1.82, 2.24) is 0 Å². The van der Waals surface area contributed by atoms with E-state index in [2.05, 4.69) is 0 Å². The zero-order valence-corrected chi connectivity index (χ0v) is 14.4. The molecule has 0 N–H and O–H groups in total. The van der Waals surface area contributed by atoms with E-state index in [1.165, 1.54) is 6.26 Å². The van der Waals surface area contributed by atoms with Crippen LogP contribution in [-0.4, -0.2) is 23.8 Å². The third-order valence-corrected chi connectivity index (χ3v) is 5.26. The van der Waals surface area contributed by atoms with Crippen molar-refractivity contribution in [1.29, 1.82) is 0 Å². The van der Waals surface area contributed by atoms with E-state index in [0.29, 0.717) is 18.8 Å². The molecule has 4 nitrogen and oxygen atoms in total. The molecule has 0 atom stereocenters. The molecule has 3 rings (SSSR count). The molecule has 1 heterocycles. The van der Waals surface area contributed by atoms with Gasteiger partial charge in [-0.05, 0) is 48.5 Å². The summed E-state index contributed by atoms with van der Waals surface area (Å²) in [5.41, 5.74) is -0.182. The van der Waals surface area contributed by atoms with E-state index in [9.17, 15) is 9.59 Å². The molecule has 0 unspecified atom stereocenters. The van der Waals surface area contributed by atoms with Crippen molar-refractivity contribution in [3.8, 4) is 0 Å². The zero-order valence-electron chi connectivity index (χ0n) is 13.6. The number of furan rings is 1. The number of carbonyl (C=O) groups is 2. The molecule has 1 aromatic heterocycles. The van der Waals surface area contributed by atoms with Crippen LogP contribution in [0.1, 0.15) is 29.0 Å². The molecule has 1 saturated carbocycles. The Hall–Kier alpha value is -2.01. The Morgan fingerprint density at radius 1 is 1.21 bits per heavy atom. The SMILES string of the molecule is CSCC1CC(C(=O)OCc2ccccc2)(C(=O)c2ccco2)C1. The highest BCUT2D eigenvalue weighted by molar-refractivity contribution is 7.98. The van der Waals surface area contributed by atoms with Gasteiger partial charge in [-0.15, -0.1) is 0 Å². The monoisotopic (exact) mass is 344 g/mol. The van der Waals surface area contributed by atoms with E-state index in [1.54, 1.807) is 23.9 Å². The first-order valence-corrected chi connectivity index (χ1v) is 9.33. The van der Waals surface area contributed by atoms with E-state index < -0.39 is 11.4 Å². The fraction of sp³-hybridized carbons (Fsp3) is 0.368. The van der Waals surface area contributed by atoms with Crippen LogP contribution in [0, 0.1) is 11.3 Å². The smallest absolute Gasteiger partial charge is 0.320 e.